The van der Waals surface area contributed by atoms with Crippen LogP contribution in [0.3, 0.4) is 0 Å². The molecule has 4 heteroatoms. The van der Waals surface area contributed by atoms with E-state index in [2.05, 4.69) is 24.3 Å². The second-order valence-corrected chi connectivity index (χ2v) is 6.16. The molecular formula is C19H27N3O. The highest BCUT2D eigenvalue weighted by atomic mass is 16.1. The van der Waals surface area contributed by atoms with Gasteiger partial charge in [-0.25, -0.2) is 4.68 Å². The summed E-state index contributed by atoms with van der Waals surface area (Å²) in [5, 5.41) is 7.65. The van der Waals surface area contributed by atoms with Crippen LogP contribution in [0.5, 0.6) is 0 Å². The fourth-order valence-corrected chi connectivity index (χ4v) is 2.86. The maximum Gasteiger partial charge on any atom is 0.255 e. The predicted octanol–water partition coefficient (Wildman–Crippen LogP) is 4.19. The molecule has 0 spiro atoms. The third-order valence-electron chi connectivity index (χ3n) is 4.14. The zero-order chi connectivity index (χ0) is 16.8. The van der Waals surface area contributed by atoms with E-state index in [1.165, 1.54) is 12.8 Å². The molecule has 23 heavy (non-hydrogen) atoms. The topological polar surface area (TPSA) is 46.9 Å². The fourth-order valence-electron chi connectivity index (χ4n) is 2.86. The Kier molecular flexibility index (Phi) is 5.97. The molecule has 0 aliphatic carbocycles. The summed E-state index contributed by atoms with van der Waals surface area (Å²) in [7, 11) is 0. The molecule has 124 valence electrons. The first-order valence-corrected chi connectivity index (χ1v) is 8.47. The fraction of sp³-hybridized carbons (Fsp3) is 0.474. The number of carbonyl (C=O) groups excluding carboxylic acids is 1. The van der Waals surface area contributed by atoms with Crippen molar-refractivity contribution in [2.75, 3.05) is 0 Å². The Morgan fingerprint density at radius 2 is 1.91 bits per heavy atom. The molecular weight excluding hydrogens is 286 g/mol. The van der Waals surface area contributed by atoms with Crippen molar-refractivity contribution in [3.8, 4) is 5.69 Å². The summed E-state index contributed by atoms with van der Waals surface area (Å²) in [4.78, 5) is 12.6. The Morgan fingerprint density at radius 3 is 2.57 bits per heavy atom. The minimum atomic E-state index is -0.0221. The first kappa shape index (κ1) is 17.3. The summed E-state index contributed by atoms with van der Waals surface area (Å²) in [6.07, 6.45) is 4.58. The number of rotatable bonds is 7. The zero-order valence-electron chi connectivity index (χ0n) is 14.6. The van der Waals surface area contributed by atoms with Gasteiger partial charge in [-0.3, -0.25) is 4.79 Å². The molecule has 0 saturated carbocycles. The van der Waals surface area contributed by atoms with Crippen molar-refractivity contribution in [2.24, 2.45) is 0 Å². The summed E-state index contributed by atoms with van der Waals surface area (Å²) in [5.41, 5.74) is 3.32. The summed E-state index contributed by atoms with van der Waals surface area (Å²) in [5.74, 6) is -0.0221. The lowest BCUT2D eigenvalue weighted by Gasteiger charge is -2.14. The van der Waals surface area contributed by atoms with Gasteiger partial charge in [-0.15, -0.1) is 0 Å². The van der Waals surface area contributed by atoms with Gasteiger partial charge in [0, 0.05) is 6.04 Å². The van der Waals surface area contributed by atoms with E-state index in [0.717, 1.165) is 29.9 Å². The van der Waals surface area contributed by atoms with E-state index in [0.29, 0.717) is 5.56 Å². The van der Waals surface area contributed by atoms with Crippen molar-refractivity contribution >= 4 is 5.91 Å². The highest BCUT2D eigenvalue weighted by Crippen LogP contribution is 2.18. The van der Waals surface area contributed by atoms with Gasteiger partial charge < -0.3 is 5.32 Å². The largest absolute Gasteiger partial charge is 0.349 e. The molecule has 0 aliphatic heterocycles. The lowest BCUT2D eigenvalue weighted by molar-refractivity contribution is 0.0936. The molecule has 0 unspecified atom stereocenters. The molecule has 1 aromatic carbocycles. The SMILES string of the molecule is CCCCC[C@@H](C)NC(=O)c1c(C)nn(-c2ccccc2)c1C. The van der Waals surface area contributed by atoms with Crippen molar-refractivity contribution in [3.05, 3.63) is 47.3 Å². The Hall–Kier alpha value is -2.10. The van der Waals surface area contributed by atoms with Gasteiger partial charge in [-0.2, -0.15) is 5.10 Å². The second kappa shape index (κ2) is 7.95. The van der Waals surface area contributed by atoms with E-state index >= 15 is 0 Å². The van der Waals surface area contributed by atoms with Crippen LogP contribution in [0, 0.1) is 13.8 Å². The minimum Gasteiger partial charge on any atom is -0.349 e. The average molecular weight is 313 g/mol. The van der Waals surface area contributed by atoms with Crippen molar-refractivity contribution in [1.29, 1.82) is 0 Å². The third-order valence-corrected chi connectivity index (χ3v) is 4.14. The first-order valence-electron chi connectivity index (χ1n) is 8.47. The lowest BCUT2D eigenvalue weighted by Crippen LogP contribution is -2.33. The monoisotopic (exact) mass is 313 g/mol. The molecule has 0 bridgehead atoms. The van der Waals surface area contributed by atoms with Crippen LogP contribution in [0.15, 0.2) is 30.3 Å². The summed E-state index contributed by atoms with van der Waals surface area (Å²) in [6, 6.07) is 10.1. The Morgan fingerprint density at radius 1 is 1.22 bits per heavy atom. The number of hydrogen-bond donors (Lipinski definition) is 1. The first-order chi connectivity index (χ1) is 11.0. The lowest BCUT2D eigenvalue weighted by atomic mass is 10.1. The number of para-hydroxylation sites is 1. The number of benzene rings is 1. The number of carbonyl (C=O) groups is 1. The van der Waals surface area contributed by atoms with E-state index in [1.54, 1.807) is 0 Å². The number of unbranched alkanes of at least 4 members (excludes halogenated alkanes) is 2. The van der Waals surface area contributed by atoms with Gasteiger partial charge in [-0.05, 0) is 39.3 Å². The molecule has 1 atom stereocenters. The van der Waals surface area contributed by atoms with Gasteiger partial charge in [-0.1, -0.05) is 44.4 Å². The Labute approximate surface area is 138 Å². The predicted molar refractivity (Wildman–Crippen MR) is 94.1 cm³/mol. The van der Waals surface area contributed by atoms with Gasteiger partial charge in [0.2, 0.25) is 0 Å². The number of hydrogen-bond acceptors (Lipinski definition) is 2. The van der Waals surface area contributed by atoms with Crippen LogP contribution in [-0.2, 0) is 0 Å². The van der Waals surface area contributed by atoms with Crippen molar-refractivity contribution in [1.82, 2.24) is 15.1 Å². The summed E-state index contributed by atoms with van der Waals surface area (Å²) >= 11 is 0. The molecule has 1 N–H and O–H groups in total. The van der Waals surface area contributed by atoms with E-state index in [1.807, 2.05) is 48.9 Å². The van der Waals surface area contributed by atoms with E-state index in [-0.39, 0.29) is 11.9 Å². The molecule has 0 aliphatic rings. The molecule has 4 nitrogen and oxygen atoms in total. The molecule has 0 fully saturated rings. The summed E-state index contributed by atoms with van der Waals surface area (Å²) < 4.78 is 1.84. The van der Waals surface area contributed by atoms with Gasteiger partial charge in [0.1, 0.15) is 0 Å². The number of amides is 1. The molecule has 0 saturated heterocycles. The van der Waals surface area contributed by atoms with Crippen molar-refractivity contribution < 1.29 is 4.79 Å². The van der Waals surface area contributed by atoms with Crippen molar-refractivity contribution in [2.45, 2.75) is 59.4 Å². The molecule has 2 rings (SSSR count). The highest BCUT2D eigenvalue weighted by molar-refractivity contribution is 5.96. The van der Waals surface area contributed by atoms with E-state index in [9.17, 15) is 4.79 Å². The van der Waals surface area contributed by atoms with E-state index in [4.69, 9.17) is 0 Å². The maximum atomic E-state index is 12.6. The van der Waals surface area contributed by atoms with Crippen LogP contribution in [0.1, 0.15) is 61.3 Å². The number of aromatic nitrogens is 2. The van der Waals surface area contributed by atoms with Gasteiger partial charge >= 0.3 is 0 Å². The molecule has 1 aromatic heterocycles. The van der Waals surface area contributed by atoms with Crippen LogP contribution in [0.4, 0.5) is 0 Å². The van der Waals surface area contributed by atoms with Gasteiger partial charge in [0.05, 0.1) is 22.6 Å². The maximum absolute atomic E-state index is 12.6. The van der Waals surface area contributed by atoms with Crippen LogP contribution >= 0.6 is 0 Å². The smallest absolute Gasteiger partial charge is 0.255 e. The van der Waals surface area contributed by atoms with Crippen LogP contribution < -0.4 is 5.32 Å². The second-order valence-electron chi connectivity index (χ2n) is 6.16. The highest BCUT2D eigenvalue weighted by Gasteiger charge is 2.20. The standard InChI is InChI=1S/C19H27N3O/c1-5-6-8-11-14(2)20-19(23)18-15(3)21-22(16(18)4)17-12-9-7-10-13-17/h7,9-10,12-14H,5-6,8,11H2,1-4H3,(H,20,23)/t14-/m1/s1. The zero-order valence-corrected chi connectivity index (χ0v) is 14.6. The van der Waals surface area contributed by atoms with Crippen molar-refractivity contribution in [3.63, 3.8) is 0 Å². The van der Waals surface area contributed by atoms with Gasteiger partial charge in [0.25, 0.3) is 5.91 Å². The molecule has 2 aromatic rings. The normalized spacial score (nSPS) is 12.2. The quantitative estimate of drug-likeness (QED) is 0.779. The number of nitrogens with one attached hydrogen (secondary N) is 1. The Bertz CT molecular complexity index is 646. The van der Waals surface area contributed by atoms with Crippen LogP contribution in [-0.4, -0.2) is 21.7 Å². The summed E-state index contributed by atoms with van der Waals surface area (Å²) in [6.45, 7) is 8.10. The van der Waals surface area contributed by atoms with Crippen LogP contribution in [0.25, 0.3) is 5.69 Å². The molecule has 1 heterocycles. The molecule has 1 amide bonds. The molecule has 0 radical (unpaired) electrons. The minimum absolute atomic E-state index is 0.0221. The number of aryl methyl sites for hydroxylation is 1. The van der Waals surface area contributed by atoms with E-state index < -0.39 is 0 Å². The average Bonchev–Trinajstić information content (AvgIpc) is 2.83. The third kappa shape index (κ3) is 4.21. The van der Waals surface area contributed by atoms with Gasteiger partial charge in [0.15, 0.2) is 0 Å². The number of nitrogens with zero attached hydrogens (tertiary/aromatic N) is 2. The van der Waals surface area contributed by atoms with Crippen LogP contribution in [0.2, 0.25) is 0 Å². The Balaban J connectivity index is 2.14.